The molecule has 4 fully saturated rings. The summed E-state index contributed by atoms with van der Waals surface area (Å²) in [5.41, 5.74) is 10.5. The Morgan fingerprint density at radius 2 is 1.83 bits per heavy atom. The Labute approximate surface area is 270 Å². The second-order valence-electron chi connectivity index (χ2n) is 13.5. The number of hydrogen-bond donors (Lipinski definition) is 1. The van der Waals surface area contributed by atoms with Crippen LogP contribution in [0.4, 0.5) is 4.39 Å². The highest BCUT2D eigenvalue weighted by atomic mass is 19.1. The first-order valence-corrected chi connectivity index (χ1v) is 16.4. The van der Waals surface area contributed by atoms with Crippen LogP contribution in [0.3, 0.4) is 0 Å². The molecule has 6 heterocycles. The molecule has 12 heteroatoms. The Bertz CT molecular complexity index is 2080. The number of piperidine rings is 1. The van der Waals surface area contributed by atoms with Crippen molar-refractivity contribution in [3.63, 3.8) is 0 Å². The number of aromatic nitrogens is 5. The van der Waals surface area contributed by atoms with Crippen LogP contribution in [-0.2, 0) is 6.54 Å². The molecule has 2 bridgehead atoms. The van der Waals surface area contributed by atoms with Crippen molar-refractivity contribution in [3.8, 4) is 17.3 Å². The summed E-state index contributed by atoms with van der Waals surface area (Å²) in [6, 6.07) is 12.4. The van der Waals surface area contributed by atoms with Gasteiger partial charge in [0.15, 0.2) is 5.82 Å². The molecule has 9 rings (SSSR count). The highest BCUT2D eigenvalue weighted by molar-refractivity contribution is 6.01. The molecule has 3 atom stereocenters. The fourth-order valence-corrected chi connectivity index (χ4v) is 7.98. The zero-order valence-electron chi connectivity index (χ0n) is 26.1. The summed E-state index contributed by atoms with van der Waals surface area (Å²) in [5.74, 6) is 1.21. The highest BCUT2D eigenvalue weighted by Gasteiger charge is 2.47. The number of halogens is 1. The van der Waals surface area contributed by atoms with Crippen LogP contribution in [0.2, 0.25) is 0 Å². The molecule has 2 N–H and O–H groups in total. The van der Waals surface area contributed by atoms with Crippen LogP contribution in [0.25, 0.3) is 33.6 Å². The second kappa shape index (κ2) is 10.6. The van der Waals surface area contributed by atoms with Gasteiger partial charge in [0.2, 0.25) is 5.95 Å². The van der Waals surface area contributed by atoms with Gasteiger partial charge in [-0.3, -0.25) is 9.59 Å². The average Bonchev–Trinajstić information content (AvgIpc) is 3.40. The van der Waals surface area contributed by atoms with E-state index in [0.29, 0.717) is 48.3 Å². The van der Waals surface area contributed by atoms with E-state index in [4.69, 9.17) is 20.4 Å². The summed E-state index contributed by atoms with van der Waals surface area (Å²) >= 11 is 0. The molecule has 2 aliphatic carbocycles. The van der Waals surface area contributed by atoms with Gasteiger partial charge in [-0.25, -0.2) is 15.0 Å². The maximum absolute atomic E-state index is 13.9. The predicted molar refractivity (Wildman–Crippen MR) is 172 cm³/mol. The van der Waals surface area contributed by atoms with Crippen LogP contribution >= 0.6 is 0 Å². The van der Waals surface area contributed by atoms with Gasteiger partial charge < -0.3 is 29.4 Å². The van der Waals surface area contributed by atoms with Gasteiger partial charge in [-0.1, -0.05) is 0 Å². The van der Waals surface area contributed by atoms with Crippen LogP contribution in [0.5, 0.6) is 5.75 Å². The first kappa shape index (κ1) is 28.4. The van der Waals surface area contributed by atoms with Gasteiger partial charge in [-0.2, -0.15) is 4.39 Å². The lowest BCUT2D eigenvalue weighted by molar-refractivity contribution is 0.0527. The van der Waals surface area contributed by atoms with Gasteiger partial charge in [0.1, 0.15) is 16.9 Å². The maximum atomic E-state index is 13.9. The van der Waals surface area contributed by atoms with E-state index in [-0.39, 0.29) is 35.5 Å². The van der Waals surface area contributed by atoms with E-state index in [1.165, 1.54) is 25.1 Å². The van der Waals surface area contributed by atoms with Crippen LogP contribution < -0.4 is 10.5 Å². The molecule has 0 spiro atoms. The van der Waals surface area contributed by atoms with Crippen molar-refractivity contribution in [1.82, 2.24) is 33.9 Å². The average molecular weight is 635 g/mol. The van der Waals surface area contributed by atoms with Crippen molar-refractivity contribution in [2.24, 2.45) is 17.6 Å². The smallest absolute Gasteiger partial charge is 0.254 e. The van der Waals surface area contributed by atoms with Gasteiger partial charge in [-0.15, -0.1) is 0 Å². The topological polar surface area (TPSA) is 124 Å². The molecule has 240 valence electrons. The molecule has 2 saturated carbocycles. The molecule has 4 aliphatic rings. The lowest BCUT2D eigenvalue weighted by atomic mass is 10.0. The number of hydrogen-bond acceptors (Lipinski definition) is 7. The molecular formula is C35H35FN8O3. The second-order valence-corrected chi connectivity index (χ2v) is 13.5. The fourth-order valence-electron chi connectivity index (χ4n) is 7.98. The number of nitrogens with two attached hydrogens (primary N) is 1. The SMILES string of the molecule is COc1cc(C(=O)N2CC3CCC2[C@@H]3N)cc2nc(-c3cc4cccnc4n3CC3CC3)n(C3CN(C(=O)c4ccnc(F)c4)C3)c12. The summed E-state index contributed by atoms with van der Waals surface area (Å²) in [6.45, 7) is 2.31. The van der Waals surface area contributed by atoms with E-state index >= 15 is 0 Å². The quantitative estimate of drug-likeness (QED) is 0.265. The van der Waals surface area contributed by atoms with E-state index in [1.807, 2.05) is 29.3 Å². The Hall–Kier alpha value is -4.84. The van der Waals surface area contributed by atoms with Crippen molar-refractivity contribution in [2.75, 3.05) is 26.7 Å². The standard InChI is InChI=1S/C35H35FN8O3/c1-47-28-13-23(35(46)43-16-22-6-7-26(43)30(22)37)11-25-31(28)44(24-17-41(18-24)34(45)21-8-10-38-29(36)14-21)33(40-25)27-12-20-3-2-9-39-32(20)42(27)15-19-4-5-19/h2-3,8-14,19,22,24,26,30H,4-7,15-18,37H2,1H3/t22?,26?,30-/m1/s1. The number of carbonyl (C=O) groups is 2. The summed E-state index contributed by atoms with van der Waals surface area (Å²) < 4.78 is 24.2. The molecule has 2 aliphatic heterocycles. The number of ether oxygens (including phenoxy) is 1. The third-order valence-electron chi connectivity index (χ3n) is 10.6. The largest absolute Gasteiger partial charge is 0.494 e. The molecular weight excluding hydrogens is 599 g/mol. The van der Waals surface area contributed by atoms with Crippen LogP contribution in [0, 0.1) is 17.8 Å². The lowest BCUT2D eigenvalue weighted by Gasteiger charge is -2.41. The Kier molecular flexibility index (Phi) is 6.40. The molecule has 2 amide bonds. The van der Waals surface area contributed by atoms with Crippen molar-refractivity contribution in [2.45, 2.75) is 50.4 Å². The van der Waals surface area contributed by atoms with Crippen LogP contribution in [0.15, 0.2) is 54.9 Å². The van der Waals surface area contributed by atoms with E-state index in [2.05, 4.69) is 26.3 Å². The Balaban J connectivity index is 1.16. The summed E-state index contributed by atoms with van der Waals surface area (Å²) in [5, 5.41) is 1.02. The minimum atomic E-state index is -0.688. The number of imidazole rings is 1. The molecule has 11 nitrogen and oxygen atoms in total. The molecule has 1 aromatic carbocycles. The first-order chi connectivity index (χ1) is 22.9. The van der Waals surface area contributed by atoms with E-state index in [1.54, 1.807) is 12.0 Å². The molecule has 4 aromatic heterocycles. The third kappa shape index (κ3) is 4.52. The number of methoxy groups -OCH3 is 1. The fraction of sp³-hybridized carbons (Fsp3) is 0.400. The molecule has 5 aromatic rings. The Morgan fingerprint density at radius 3 is 2.55 bits per heavy atom. The third-order valence-corrected chi connectivity index (χ3v) is 10.6. The molecule has 2 saturated heterocycles. The van der Waals surface area contributed by atoms with Gasteiger partial charge >= 0.3 is 0 Å². The summed E-state index contributed by atoms with van der Waals surface area (Å²) in [6.07, 6.45) is 7.47. The van der Waals surface area contributed by atoms with Gasteiger partial charge in [0.05, 0.1) is 24.4 Å². The number of rotatable bonds is 7. The lowest BCUT2D eigenvalue weighted by Crippen LogP contribution is -2.50. The minimum Gasteiger partial charge on any atom is -0.494 e. The van der Waals surface area contributed by atoms with Crippen molar-refractivity contribution >= 4 is 33.9 Å². The molecule has 47 heavy (non-hydrogen) atoms. The van der Waals surface area contributed by atoms with Crippen molar-refractivity contribution in [1.29, 1.82) is 0 Å². The zero-order chi connectivity index (χ0) is 32.0. The van der Waals surface area contributed by atoms with Crippen molar-refractivity contribution in [3.05, 3.63) is 71.9 Å². The van der Waals surface area contributed by atoms with E-state index in [9.17, 15) is 14.0 Å². The number of nitrogens with zero attached hydrogens (tertiary/aromatic N) is 7. The van der Waals surface area contributed by atoms with Crippen LogP contribution in [0.1, 0.15) is 52.4 Å². The monoisotopic (exact) mass is 634 g/mol. The summed E-state index contributed by atoms with van der Waals surface area (Å²) in [7, 11) is 1.61. The Morgan fingerprint density at radius 1 is 0.979 bits per heavy atom. The van der Waals surface area contributed by atoms with Gasteiger partial charge in [0, 0.05) is 73.2 Å². The van der Waals surface area contributed by atoms with Crippen LogP contribution in [-0.4, -0.2) is 84.5 Å². The van der Waals surface area contributed by atoms with E-state index < -0.39 is 5.95 Å². The summed E-state index contributed by atoms with van der Waals surface area (Å²) in [4.78, 5) is 44.4. The predicted octanol–water partition coefficient (Wildman–Crippen LogP) is 4.26. The van der Waals surface area contributed by atoms with E-state index in [0.717, 1.165) is 53.5 Å². The highest BCUT2D eigenvalue weighted by Crippen LogP contribution is 2.42. The molecule has 0 radical (unpaired) electrons. The number of carbonyl (C=O) groups excluding carboxylic acids is 2. The number of amides is 2. The molecule has 2 unspecified atom stereocenters. The van der Waals surface area contributed by atoms with Crippen molar-refractivity contribution < 1.29 is 18.7 Å². The zero-order valence-corrected chi connectivity index (χ0v) is 26.1. The minimum absolute atomic E-state index is 0.0188. The number of pyridine rings is 2. The number of benzene rings is 1. The normalized spacial score (nSPS) is 22.4. The first-order valence-electron chi connectivity index (χ1n) is 16.4. The van der Waals surface area contributed by atoms with Gasteiger partial charge in [0.25, 0.3) is 11.8 Å². The number of likely N-dealkylation sites (tertiary alicyclic amines) is 2. The number of fused-ring (bicyclic) bond motifs is 4. The maximum Gasteiger partial charge on any atom is 0.254 e. The van der Waals surface area contributed by atoms with Gasteiger partial charge in [-0.05, 0) is 73.9 Å².